The monoisotopic (exact) mass is 381 g/mol. The van der Waals surface area contributed by atoms with Crippen LogP contribution in [0, 0.1) is 17.8 Å². The first kappa shape index (κ1) is 19.2. The molecule has 4 heteroatoms. The van der Waals surface area contributed by atoms with E-state index in [1.807, 2.05) is 29.2 Å². The number of rotatable bonds is 7. The number of nitrogens with zero attached hydrogens (tertiary/aromatic N) is 1. The number of amides is 1. The Morgan fingerprint density at radius 1 is 1.14 bits per heavy atom. The Labute approximate surface area is 167 Å². The van der Waals surface area contributed by atoms with E-state index >= 15 is 0 Å². The molecule has 3 atom stereocenters. The SMILES string of the molecule is CC(=O)N1CCC(Oc2cccc(C(=O)CCCC3CC4C=CC3C4)c2)CC1. The highest BCUT2D eigenvalue weighted by Gasteiger charge is 2.34. The predicted molar refractivity (Wildman–Crippen MR) is 109 cm³/mol. The number of fused-ring (bicyclic) bond motifs is 2. The lowest BCUT2D eigenvalue weighted by molar-refractivity contribution is -0.130. The van der Waals surface area contributed by atoms with Crippen molar-refractivity contribution in [3.05, 3.63) is 42.0 Å². The molecule has 1 saturated heterocycles. The van der Waals surface area contributed by atoms with Gasteiger partial charge in [0.25, 0.3) is 0 Å². The van der Waals surface area contributed by atoms with Crippen molar-refractivity contribution < 1.29 is 14.3 Å². The second-order valence-corrected chi connectivity index (χ2v) is 8.71. The van der Waals surface area contributed by atoms with Gasteiger partial charge in [0.2, 0.25) is 5.91 Å². The summed E-state index contributed by atoms with van der Waals surface area (Å²) in [5, 5.41) is 0. The molecule has 2 bridgehead atoms. The molecular formula is C24H31NO3. The average Bonchev–Trinajstić information content (AvgIpc) is 3.32. The van der Waals surface area contributed by atoms with E-state index in [0.29, 0.717) is 6.42 Å². The molecule has 0 spiro atoms. The van der Waals surface area contributed by atoms with Crippen LogP contribution >= 0.6 is 0 Å². The third-order valence-corrected chi connectivity index (χ3v) is 6.74. The molecule has 1 aromatic carbocycles. The summed E-state index contributed by atoms with van der Waals surface area (Å²) in [7, 11) is 0. The van der Waals surface area contributed by atoms with Gasteiger partial charge in [-0.1, -0.05) is 24.3 Å². The summed E-state index contributed by atoms with van der Waals surface area (Å²) in [6, 6.07) is 7.62. The van der Waals surface area contributed by atoms with E-state index in [9.17, 15) is 9.59 Å². The number of ketones is 1. The number of allylic oxidation sites excluding steroid dienone is 2. The van der Waals surface area contributed by atoms with Crippen LogP contribution in [-0.2, 0) is 4.79 Å². The number of Topliss-reactive ketones (excluding diaryl/α,β-unsaturated/α-hetero) is 1. The summed E-state index contributed by atoms with van der Waals surface area (Å²) in [5.74, 6) is 3.49. The zero-order valence-electron chi connectivity index (χ0n) is 16.8. The number of piperidine rings is 1. The normalized spacial score (nSPS) is 26.6. The fourth-order valence-corrected chi connectivity index (χ4v) is 5.12. The van der Waals surface area contributed by atoms with E-state index in [2.05, 4.69) is 12.2 Å². The fourth-order valence-electron chi connectivity index (χ4n) is 5.12. The minimum absolute atomic E-state index is 0.117. The molecule has 1 amide bonds. The molecule has 1 saturated carbocycles. The van der Waals surface area contributed by atoms with E-state index in [4.69, 9.17) is 4.74 Å². The zero-order valence-corrected chi connectivity index (χ0v) is 16.8. The number of hydrogen-bond acceptors (Lipinski definition) is 3. The lowest BCUT2D eigenvalue weighted by atomic mass is 9.88. The van der Waals surface area contributed by atoms with Crippen molar-refractivity contribution in [2.24, 2.45) is 17.8 Å². The maximum absolute atomic E-state index is 12.6. The standard InChI is InChI=1S/C24H31NO3/c1-17(26)25-12-10-22(11-13-25)28-23-6-2-5-21(16-23)24(27)7-3-4-19-14-18-8-9-20(19)15-18/h2,5-6,8-9,16,18-20,22H,3-4,7,10-15H2,1H3. The molecule has 0 radical (unpaired) electrons. The average molecular weight is 382 g/mol. The Morgan fingerprint density at radius 2 is 1.96 bits per heavy atom. The Bertz CT molecular complexity index is 748. The van der Waals surface area contributed by atoms with Crippen molar-refractivity contribution in [2.45, 2.75) is 58.0 Å². The Kier molecular flexibility index (Phi) is 5.84. The van der Waals surface area contributed by atoms with Gasteiger partial charge >= 0.3 is 0 Å². The molecule has 0 aromatic heterocycles. The van der Waals surface area contributed by atoms with Crippen LogP contribution in [0.25, 0.3) is 0 Å². The lowest BCUT2D eigenvalue weighted by Gasteiger charge is -2.31. The van der Waals surface area contributed by atoms with Crippen LogP contribution in [-0.4, -0.2) is 35.8 Å². The van der Waals surface area contributed by atoms with Gasteiger partial charge in [0, 0.05) is 44.8 Å². The molecule has 1 aromatic rings. The van der Waals surface area contributed by atoms with Crippen molar-refractivity contribution in [1.82, 2.24) is 4.90 Å². The quantitative estimate of drug-likeness (QED) is 0.510. The van der Waals surface area contributed by atoms with E-state index in [0.717, 1.165) is 61.4 Å². The highest BCUT2D eigenvalue weighted by molar-refractivity contribution is 5.96. The summed E-state index contributed by atoms with van der Waals surface area (Å²) >= 11 is 0. The number of likely N-dealkylation sites (tertiary alicyclic amines) is 1. The summed E-state index contributed by atoms with van der Waals surface area (Å²) in [6.07, 6.45) is 12.0. The van der Waals surface area contributed by atoms with Crippen molar-refractivity contribution in [2.75, 3.05) is 13.1 Å². The number of ether oxygens (including phenoxy) is 1. The molecule has 1 heterocycles. The first-order valence-electron chi connectivity index (χ1n) is 10.8. The molecular weight excluding hydrogens is 350 g/mol. The number of carbonyl (C=O) groups excluding carboxylic acids is 2. The molecule has 2 fully saturated rings. The predicted octanol–water partition coefficient (Wildman–Crippen LogP) is 4.64. The van der Waals surface area contributed by atoms with E-state index < -0.39 is 0 Å². The Hall–Kier alpha value is -2.10. The second-order valence-electron chi connectivity index (χ2n) is 8.71. The third kappa shape index (κ3) is 4.48. The van der Waals surface area contributed by atoms with Gasteiger partial charge in [-0.2, -0.15) is 0 Å². The van der Waals surface area contributed by atoms with Gasteiger partial charge < -0.3 is 9.64 Å². The number of benzene rings is 1. The van der Waals surface area contributed by atoms with Crippen LogP contribution in [0.2, 0.25) is 0 Å². The van der Waals surface area contributed by atoms with Crippen molar-refractivity contribution in [1.29, 1.82) is 0 Å². The summed E-state index contributed by atoms with van der Waals surface area (Å²) < 4.78 is 6.10. The van der Waals surface area contributed by atoms with Gasteiger partial charge in [-0.05, 0) is 55.6 Å². The van der Waals surface area contributed by atoms with Gasteiger partial charge in [0.05, 0.1) is 0 Å². The largest absolute Gasteiger partial charge is 0.490 e. The first-order valence-corrected chi connectivity index (χ1v) is 10.8. The van der Waals surface area contributed by atoms with Crippen LogP contribution in [0.15, 0.2) is 36.4 Å². The van der Waals surface area contributed by atoms with Crippen molar-refractivity contribution >= 4 is 11.7 Å². The van der Waals surface area contributed by atoms with Crippen LogP contribution in [0.5, 0.6) is 5.75 Å². The van der Waals surface area contributed by atoms with Crippen LogP contribution < -0.4 is 4.74 Å². The zero-order chi connectivity index (χ0) is 19.5. The van der Waals surface area contributed by atoms with Crippen molar-refractivity contribution in [3.63, 3.8) is 0 Å². The maximum Gasteiger partial charge on any atom is 0.219 e. The van der Waals surface area contributed by atoms with Crippen LogP contribution in [0.1, 0.15) is 62.2 Å². The molecule has 3 aliphatic rings. The van der Waals surface area contributed by atoms with Crippen LogP contribution in [0.4, 0.5) is 0 Å². The number of carbonyl (C=O) groups is 2. The van der Waals surface area contributed by atoms with E-state index in [1.54, 1.807) is 6.92 Å². The van der Waals surface area contributed by atoms with Gasteiger partial charge in [-0.25, -0.2) is 0 Å². The molecule has 4 rings (SSSR count). The Balaban J connectivity index is 1.24. The van der Waals surface area contributed by atoms with Gasteiger partial charge in [-0.15, -0.1) is 0 Å². The summed E-state index contributed by atoms with van der Waals surface area (Å²) in [5.41, 5.74) is 0.756. The molecule has 2 aliphatic carbocycles. The van der Waals surface area contributed by atoms with Gasteiger partial charge in [-0.3, -0.25) is 9.59 Å². The Morgan fingerprint density at radius 3 is 2.64 bits per heavy atom. The topological polar surface area (TPSA) is 46.6 Å². The number of hydrogen-bond donors (Lipinski definition) is 0. The smallest absolute Gasteiger partial charge is 0.219 e. The maximum atomic E-state index is 12.6. The van der Waals surface area contributed by atoms with E-state index in [1.165, 1.54) is 19.3 Å². The molecule has 3 unspecified atom stereocenters. The fraction of sp³-hybridized carbons (Fsp3) is 0.583. The van der Waals surface area contributed by atoms with E-state index in [-0.39, 0.29) is 17.8 Å². The third-order valence-electron chi connectivity index (χ3n) is 6.74. The molecule has 4 nitrogen and oxygen atoms in total. The minimum Gasteiger partial charge on any atom is -0.490 e. The van der Waals surface area contributed by atoms with Crippen molar-refractivity contribution in [3.8, 4) is 5.75 Å². The molecule has 1 aliphatic heterocycles. The van der Waals surface area contributed by atoms with Gasteiger partial charge in [0.15, 0.2) is 5.78 Å². The highest BCUT2D eigenvalue weighted by Crippen LogP contribution is 2.45. The summed E-state index contributed by atoms with van der Waals surface area (Å²) in [4.78, 5) is 25.9. The van der Waals surface area contributed by atoms with Gasteiger partial charge in [0.1, 0.15) is 11.9 Å². The van der Waals surface area contributed by atoms with Crippen LogP contribution in [0.3, 0.4) is 0 Å². The summed E-state index contributed by atoms with van der Waals surface area (Å²) in [6.45, 7) is 3.11. The minimum atomic E-state index is 0.117. The highest BCUT2D eigenvalue weighted by atomic mass is 16.5. The first-order chi connectivity index (χ1) is 13.6. The molecule has 28 heavy (non-hydrogen) atoms. The lowest BCUT2D eigenvalue weighted by Crippen LogP contribution is -2.40. The second kappa shape index (κ2) is 8.50. The molecule has 0 N–H and O–H groups in total. The molecule has 150 valence electrons.